The average Bonchev–Trinajstić information content (AvgIpc) is 2.85. The number of carbonyl (C=O) groups excluding carboxylic acids is 3. The Bertz CT molecular complexity index is 1090. The van der Waals surface area contributed by atoms with E-state index in [2.05, 4.69) is 10.6 Å². The van der Waals surface area contributed by atoms with Crippen molar-refractivity contribution in [3.05, 3.63) is 59.7 Å². The molecule has 0 heterocycles. The van der Waals surface area contributed by atoms with Crippen molar-refractivity contribution in [2.24, 2.45) is 5.92 Å². The summed E-state index contributed by atoms with van der Waals surface area (Å²) in [5, 5.41) is 15.7. The number of rotatable bonds is 10. The first-order valence-electron chi connectivity index (χ1n) is 13.3. The lowest BCUT2D eigenvalue weighted by molar-refractivity contribution is -0.144. The van der Waals surface area contributed by atoms with Crippen LogP contribution >= 0.6 is 0 Å². The fourth-order valence-corrected chi connectivity index (χ4v) is 4.08. The van der Waals surface area contributed by atoms with E-state index in [9.17, 15) is 19.5 Å². The van der Waals surface area contributed by atoms with Crippen LogP contribution < -0.4 is 10.6 Å². The van der Waals surface area contributed by atoms with Crippen LogP contribution in [0, 0.1) is 12.8 Å². The highest BCUT2D eigenvalue weighted by Crippen LogP contribution is 2.30. The van der Waals surface area contributed by atoms with Crippen LogP contribution in [0.5, 0.6) is 5.75 Å². The van der Waals surface area contributed by atoms with Gasteiger partial charge >= 0.3 is 6.09 Å². The Morgan fingerprint density at radius 2 is 1.58 bits per heavy atom. The standard InChI is InChI=1S/C30H43N3O5/c1-9-19(3)25(32-29(37)38-30(6,7)8)28(36)33(21(5)10-2)26(22-15-17-23(34)18-16-22)27(35)31-24-14-12-11-13-20(24)4/h11-19,21,25-26,34H,9-10H2,1-8H3,(H,31,35)(H,32,37). The minimum absolute atomic E-state index is 0.0531. The number of nitrogens with zero attached hydrogens (tertiary/aromatic N) is 1. The third-order valence-electron chi connectivity index (χ3n) is 6.61. The Morgan fingerprint density at radius 3 is 2.11 bits per heavy atom. The molecular weight excluding hydrogens is 482 g/mol. The fourth-order valence-electron chi connectivity index (χ4n) is 4.08. The van der Waals surface area contributed by atoms with Gasteiger partial charge in [-0.2, -0.15) is 0 Å². The van der Waals surface area contributed by atoms with Crippen LogP contribution in [0.2, 0.25) is 0 Å². The lowest BCUT2D eigenvalue weighted by Gasteiger charge is -2.39. The number of anilines is 1. The van der Waals surface area contributed by atoms with Gasteiger partial charge in [-0.1, -0.05) is 57.5 Å². The molecule has 0 saturated heterocycles. The van der Waals surface area contributed by atoms with Crippen molar-refractivity contribution in [2.45, 2.75) is 92.0 Å². The third-order valence-corrected chi connectivity index (χ3v) is 6.61. The predicted octanol–water partition coefficient (Wildman–Crippen LogP) is 5.95. The lowest BCUT2D eigenvalue weighted by atomic mass is 9.94. The van der Waals surface area contributed by atoms with Gasteiger partial charge in [0, 0.05) is 11.7 Å². The number of para-hydroxylation sites is 1. The number of amides is 3. The van der Waals surface area contributed by atoms with Gasteiger partial charge in [-0.05, 0) is 76.3 Å². The second kappa shape index (κ2) is 13.3. The third kappa shape index (κ3) is 8.23. The molecule has 3 amide bonds. The Morgan fingerprint density at radius 1 is 0.974 bits per heavy atom. The molecule has 0 aromatic heterocycles. The van der Waals surface area contributed by atoms with Crippen LogP contribution in [0.3, 0.4) is 0 Å². The summed E-state index contributed by atoms with van der Waals surface area (Å²) in [5.41, 5.74) is 1.34. The van der Waals surface area contributed by atoms with Gasteiger partial charge in [0.25, 0.3) is 5.91 Å². The molecule has 0 aliphatic rings. The van der Waals surface area contributed by atoms with Crippen LogP contribution in [0.25, 0.3) is 0 Å². The van der Waals surface area contributed by atoms with Crippen molar-refractivity contribution in [1.29, 1.82) is 0 Å². The zero-order chi connectivity index (χ0) is 28.6. The number of alkyl carbamates (subject to hydrolysis) is 1. The average molecular weight is 526 g/mol. The molecule has 2 rings (SSSR count). The van der Waals surface area contributed by atoms with Crippen molar-refractivity contribution in [3.63, 3.8) is 0 Å². The van der Waals surface area contributed by atoms with Gasteiger partial charge in [-0.3, -0.25) is 9.59 Å². The van der Waals surface area contributed by atoms with E-state index in [-0.39, 0.29) is 29.5 Å². The normalized spacial score (nSPS) is 14.5. The minimum Gasteiger partial charge on any atom is -0.508 e. The molecule has 3 N–H and O–H groups in total. The molecule has 2 aromatic rings. The second-order valence-electron chi connectivity index (χ2n) is 10.8. The summed E-state index contributed by atoms with van der Waals surface area (Å²) >= 11 is 0. The van der Waals surface area contributed by atoms with Crippen LogP contribution in [0.4, 0.5) is 10.5 Å². The Kier molecular flexibility index (Phi) is 10.7. The summed E-state index contributed by atoms with van der Waals surface area (Å²) in [4.78, 5) is 42.5. The van der Waals surface area contributed by atoms with E-state index in [4.69, 9.17) is 4.74 Å². The molecule has 0 saturated carbocycles. The molecule has 0 bridgehead atoms. The van der Waals surface area contributed by atoms with Gasteiger partial charge in [-0.25, -0.2) is 4.79 Å². The van der Waals surface area contributed by atoms with E-state index in [1.807, 2.05) is 58.9 Å². The first-order valence-corrected chi connectivity index (χ1v) is 13.3. The van der Waals surface area contributed by atoms with E-state index >= 15 is 0 Å². The largest absolute Gasteiger partial charge is 0.508 e. The number of phenolic OH excluding ortho intramolecular Hbond substituents is 1. The quantitative estimate of drug-likeness (QED) is 0.355. The first kappa shape index (κ1) is 30.7. The summed E-state index contributed by atoms with van der Waals surface area (Å²) in [6, 6.07) is 11.4. The van der Waals surface area contributed by atoms with Gasteiger partial charge < -0.3 is 25.4 Å². The summed E-state index contributed by atoms with van der Waals surface area (Å²) in [6.07, 6.45) is 0.517. The van der Waals surface area contributed by atoms with Gasteiger partial charge in [0.05, 0.1) is 0 Å². The van der Waals surface area contributed by atoms with Crippen molar-refractivity contribution >= 4 is 23.6 Å². The van der Waals surface area contributed by atoms with E-state index in [0.717, 1.165) is 5.56 Å². The summed E-state index contributed by atoms with van der Waals surface area (Å²) in [7, 11) is 0. The van der Waals surface area contributed by atoms with Crippen LogP contribution in [-0.4, -0.2) is 45.6 Å². The molecule has 4 unspecified atom stereocenters. The molecule has 0 aliphatic carbocycles. The van der Waals surface area contributed by atoms with E-state index < -0.39 is 23.8 Å². The smallest absolute Gasteiger partial charge is 0.408 e. The van der Waals surface area contributed by atoms with Gasteiger partial charge in [0.2, 0.25) is 5.91 Å². The molecule has 8 heteroatoms. The van der Waals surface area contributed by atoms with Crippen molar-refractivity contribution < 1.29 is 24.2 Å². The number of aromatic hydroxyl groups is 1. The molecule has 8 nitrogen and oxygen atoms in total. The molecule has 0 radical (unpaired) electrons. The van der Waals surface area contributed by atoms with E-state index in [1.54, 1.807) is 37.8 Å². The Hall–Kier alpha value is -3.55. The first-order chi connectivity index (χ1) is 17.8. The van der Waals surface area contributed by atoms with E-state index in [0.29, 0.717) is 24.1 Å². The van der Waals surface area contributed by atoms with Gasteiger partial charge in [-0.15, -0.1) is 0 Å². The SMILES string of the molecule is CCC(C)C(NC(=O)OC(C)(C)C)C(=O)N(C(C)CC)C(C(=O)Nc1ccccc1C)c1ccc(O)cc1. The zero-order valence-electron chi connectivity index (χ0n) is 23.9. The highest BCUT2D eigenvalue weighted by Gasteiger charge is 2.40. The second-order valence-corrected chi connectivity index (χ2v) is 10.8. The molecule has 208 valence electrons. The number of benzene rings is 2. The molecule has 38 heavy (non-hydrogen) atoms. The number of aryl methyl sites for hydroxylation is 1. The fraction of sp³-hybridized carbons (Fsp3) is 0.500. The van der Waals surface area contributed by atoms with Crippen molar-refractivity contribution in [2.75, 3.05) is 5.32 Å². The van der Waals surface area contributed by atoms with Crippen molar-refractivity contribution in [3.8, 4) is 5.75 Å². The monoisotopic (exact) mass is 525 g/mol. The van der Waals surface area contributed by atoms with Crippen LogP contribution in [0.1, 0.15) is 78.5 Å². The minimum atomic E-state index is -1.01. The summed E-state index contributed by atoms with van der Waals surface area (Å²) in [5.74, 6) is -0.935. The maximum absolute atomic E-state index is 14.3. The Labute approximate surface area is 226 Å². The number of nitrogens with one attached hydrogen (secondary N) is 2. The highest BCUT2D eigenvalue weighted by molar-refractivity contribution is 5.99. The molecule has 0 aliphatic heterocycles. The highest BCUT2D eigenvalue weighted by atomic mass is 16.6. The number of hydrogen-bond acceptors (Lipinski definition) is 5. The van der Waals surface area contributed by atoms with Gasteiger partial charge in [0.15, 0.2) is 0 Å². The van der Waals surface area contributed by atoms with Crippen LogP contribution in [0.15, 0.2) is 48.5 Å². The summed E-state index contributed by atoms with van der Waals surface area (Å²) < 4.78 is 5.45. The maximum atomic E-state index is 14.3. The molecule has 0 fully saturated rings. The number of hydrogen-bond donors (Lipinski definition) is 3. The molecule has 2 aromatic carbocycles. The van der Waals surface area contributed by atoms with E-state index in [1.165, 1.54) is 12.1 Å². The predicted molar refractivity (Wildman–Crippen MR) is 150 cm³/mol. The maximum Gasteiger partial charge on any atom is 0.408 e. The topological polar surface area (TPSA) is 108 Å². The number of carbonyl (C=O) groups is 3. The summed E-state index contributed by atoms with van der Waals surface area (Å²) in [6.45, 7) is 14.8. The van der Waals surface area contributed by atoms with Gasteiger partial charge in [0.1, 0.15) is 23.4 Å². The zero-order valence-corrected chi connectivity index (χ0v) is 23.9. The molecule has 0 spiro atoms. The molecule has 4 atom stereocenters. The lowest BCUT2D eigenvalue weighted by Crippen LogP contribution is -2.56. The number of phenols is 1. The molecular formula is C30H43N3O5. The number of ether oxygens (including phenoxy) is 1. The Balaban J connectivity index is 2.58. The van der Waals surface area contributed by atoms with Crippen molar-refractivity contribution in [1.82, 2.24) is 10.2 Å². The van der Waals surface area contributed by atoms with Crippen LogP contribution in [-0.2, 0) is 14.3 Å².